The van der Waals surface area contributed by atoms with Crippen LogP contribution in [0.15, 0.2) is 18.3 Å². The molecular weight excluding hydrogens is 251 g/mol. The van der Waals surface area contributed by atoms with Gasteiger partial charge in [-0.25, -0.2) is 9.18 Å². The Morgan fingerprint density at radius 3 is 2.68 bits per heavy atom. The van der Waals surface area contributed by atoms with E-state index in [0.717, 1.165) is 6.20 Å². The second kappa shape index (κ2) is 7.16. The van der Waals surface area contributed by atoms with Crippen LogP contribution in [-0.4, -0.2) is 38.3 Å². The summed E-state index contributed by atoms with van der Waals surface area (Å²) in [6, 6.07) is 2.75. The van der Waals surface area contributed by atoms with Gasteiger partial charge in [0.05, 0.1) is 25.6 Å². The van der Waals surface area contributed by atoms with Crippen molar-refractivity contribution in [1.82, 2.24) is 10.3 Å². The van der Waals surface area contributed by atoms with Crippen LogP contribution >= 0.6 is 0 Å². The Bertz CT molecular complexity index is 411. The average molecular weight is 270 g/mol. The molecule has 0 aromatic carbocycles. The summed E-state index contributed by atoms with van der Waals surface area (Å²) in [7, 11) is 2.89. The predicted octanol–water partition coefficient (Wildman–Crippen LogP) is 1.23. The van der Waals surface area contributed by atoms with Gasteiger partial charge in [0, 0.05) is 13.7 Å². The summed E-state index contributed by atoms with van der Waals surface area (Å²) in [6.45, 7) is 2.74. The molecule has 1 aromatic heterocycles. The Kier molecular flexibility index (Phi) is 5.85. The van der Waals surface area contributed by atoms with Crippen molar-refractivity contribution in [3.05, 3.63) is 29.8 Å². The Morgan fingerprint density at radius 1 is 1.47 bits per heavy atom. The van der Waals surface area contributed by atoms with E-state index < -0.39 is 17.3 Å². The van der Waals surface area contributed by atoms with E-state index in [2.05, 4.69) is 10.3 Å². The van der Waals surface area contributed by atoms with Crippen molar-refractivity contribution in [2.45, 2.75) is 18.9 Å². The first-order valence-corrected chi connectivity index (χ1v) is 6.05. The Morgan fingerprint density at radius 2 is 2.21 bits per heavy atom. The molecule has 6 heteroatoms. The SMILES string of the molecule is CCC(NCCOC)(C(=O)OC)c1ccc(F)cn1. The molecule has 1 unspecified atom stereocenters. The van der Waals surface area contributed by atoms with Gasteiger partial charge < -0.3 is 9.47 Å². The van der Waals surface area contributed by atoms with Gasteiger partial charge in [0.2, 0.25) is 0 Å². The minimum absolute atomic E-state index is 0.430. The zero-order valence-electron chi connectivity index (χ0n) is 11.4. The number of carbonyl (C=O) groups is 1. The number of halogens is 1. The van der Waals surface area contributed by atoms with Crippen molar-refractivity contribution in [3.8, 4) is 0 Å². The van der Waals surface area contributed by atoms with Crippen LogP contribution in [0.4, 0.5) is 4.39 Å². The van der Waals surface area contributed by atoms with E-state index in [9.17, 15) is 9.18 Å². The van der Waals surface area contributed by atoms with E-state index in [1.54, 1.807) is 7.11 Å². The van der Waals surface area contributed by atoms with Gasteiger partial charge in [0.1, 0.15) is 5.82 Å². The Balaban J connectivity index is 3.08. The van der Waals surface area contributed by atoms with Crippen LogP contribution in [-0.2, 0) is 19.8 Å². The minimum atomic E-state index is -1.08. The number of carbonyl (C=O) groups excluding carboxylic acids is 1. The number of aromatic nitrogens is 1. The molecule has 1 aromatic rings. The van der Waals surface area contributed by atoms with Gasteiger partial charge in [-0.1, -0.05) is 6.92 Å². The zero-order chi connectivity index (χ0) is 14.3. The highest BCUT2D eigenvalue weighted by Gasteiger charge is 2.40. The molecule has 0 saturated heterocycles. The van der Waals surface area contributed by atoms with Gasteiger partial charge in [0.25, 0.3) is 0 Å². The van der Waals surface area contributed by atoms with Crippen LogP contribution in [0, 0.1) is 5.82 Å². The minimum Gasteiger partial charge on any atom is -0.467 e. The summed E-state index contributed by atoms with van der Waals surface area (Å²) in [5, 5.41) is 3.09. The van der Waals surface area contributed by atoms with E-state index >= 15 is 0 Å². The Labute approximate surface area is 112 Å². The van der Waals surface area contributed by atoms with Crippen LogP contribution < -0.4 is 5.32 Å². The number of rotatable bonds is 7. The average Bonchev–Trinajstić information content (AvgIpc) is 2.44. The summed E-state index contributed by atoms with van der Waals surface area (Å²) >= 11 is 0. The van der Waals surface area contributed by atoms with E-state index in [-0.39, 0.29) is 0 Å². The van der Waals surface area contributed by atoms with Crippen molar-refractivity contribution >= 4 is 5.97 Å². The molecule has 0 aliphatic rings. The third-order valence-corrected chi connectivity index (χ3v) is 2.96. The normalized spacial score (nSPS) is 13.9. The van der Waals surface area contributed by atoms with Crippen molar-refractivity contribution in [2.75, 3.05) is 27.4 Å². The van der Waals surface area contributed by atoms with Crippen molar-refractivity contribution in [1.29, 1.82) is 0 Å². The number of methoxy groups -OCH3 is 2. The van der Waals surface area contributed by atoms with Crippen molar-refractivity contribution in [3.63, 3.8) is 0 Å². The molecule has 0 radical (unpaired) electrons. The van der Waals surface area contributed by atoms with Gasteiger partial charge in [-0.2, -0.15) is 0 Å². The lowest BCUT2D eigenvalue weighted by atomic mass is 9.91. The number of pyridine rings is 1. The van der Waals surface area contributed by atoms with Crippen molar-refractivity contribution in [2.24, 2.45) is 0 Å². The molecule has 1 N–H and O–H groups in total. The summed E-state index contributed by atoms with van der Waals surface area (Å²) in [5.41, 5.74) is -0.652. The predicted molar refractivity (Wildman–Crippen MR) is 68.1 cm³/mol. The number of hydrogen-bond acceptors (Lipinski definition) is 5. The van der Waals surface area contributed by atoms with Crippen LogP contribution in [0.2, 0.25) is 0 Å². The maximum atomic E-state index is 12.9. The van der Waals surface area contributed by atoms with Crippen LogP contribution in [0.5, 0.6) is 0 Å². The second-order valence-electron chi connectivity index (χ2n) is 4.03. The molecule has 0 aliphatic heterocycles. The lowest BCUT2D eigenvalue weighted by Gasteiger charge is -2.30. The molecule has 0 saturated carbocycles. The van der Waals surface area contributed by atoms with E-state index in [1.807, 2.05) is 6.92 Å². The molecule has 106 valence electrons. The summed E-state index contributed by atoms with van der Waals surface area (Å²) in [4.78, 5) is 16.1. The summed E-state index contributed by atoms with van der Waals surface area (Å²) in [5.74, 6) is -0.902. The maximum absolute atomic E-state index is 12.9. The van der Waals surface area contributed by atoms with Gasteiger partial charge in [-0.15, -0.1) is 0 Å². The standard InChI is InChI=1S/C13H19FN2O3/c1-4-13(12(17)19-3,16-7-8-18-2)11-6-5-10(14)9-15-11/h5-6,9,16H,4,7-8H2,1-3H3. The number of ether oxygens (including phenoxy) is 2. The molecule has 1 rings (SSSR count). The second-order valence-corrected chi connectivity index (χ2v) is 4.03. The summed E-state index contributed by atoms with van der Waals surface area (Å²) < 4.78 is 22.8. The fourth-order valence-electron chi connectivity index (χ4n) is 1.89. The molecule has 19 heavy (non-hydrogen) atoms. The van der Waals surface area contributed by atoms with Crippen molar-refractivity contribution < 1.29 is 18.7 Å². The van der Waals surface area contributed by atoms with E-state index in [0.29, 0.717) is 25.3 Å². The lowest BCUT2D eigenvalue weighted by Crippen LogP contribution is -2.51. The largest absolute Gasteiger partial charge is 0.467 e. The van der Waals surface area contributed by atoms with Crippen LogP contribution in [0.3, 0.4) is 0 Å². The van der Waals surface area contributed by atoms with Gasteiger partial charge in [-0.05, 0) is 18.6 Å². The van der Waals surface area contributed by atoms with Gasteiger partial charge in [0.15, 0.2) is 5.54 Å². The first kappa shape index (κ1) is 15.5. The highest BCUT2D eigenvalue weighted by Crippen LogP contribution is 2.25. The number of nitrogens with zero attached hydrogens (tertiary/aromatic N) is 1. The van der Waals surface area contributed by atoms with Gasteiger partial charge >= 0.3 is 5.97 Å². The van der Waals surface area contributed by atoms with E-state index in [1.165, 1.54) is 19.2 Å². The number of hydrogen-bond donors (Lipinski definition) is 1. The Hall–Kier alpha value is -1.53. The number of esters is 1. The quantitative estimate of drug-likeness (QED) is 0.596. The third kappa shape index (κ3) is 3.48. The number of nitrogens with one attached hydrogen (secondary N) is 1. The van der Waals surface area contributed by atoms with E-state index in [4.69, 9.17) is 9.47 Å². The summed E-state index contributed by atoms with van der Waals surface area (Å²) in [6.07, 6.45) is 1.52. The third-order valence-electron chi connectivity index (χ3n) is 2.96. The molecule has 0 amide bonds. The smallest absolute Gasteiger partial charge is 0.332 e. The molecule has 1 heterocycles. The molecule has 0 fully saturated rings. The first-order valence-electron chi connectivity index (χ1n) is 6.05. The molecular formula is C13H19FN2O3. The lowest BCUT2D eigenvalue weighted by molar-refractivity contribution is -0.149. The highest BCUT2D eigenvalue weighted by molar-refractivity contribution is 5.81. The molecule has 0 aliphatic carbocycles. The maximum Gasteiger partial charge on any atom is 0.332 e. The molecule has 1 atom stereocenters. The highest BCUT2D eigenvalue weighted by atomic mass is 19.1. The fourth-order valence-corrected chi connectivity index (χ4v) is 1.89. The molecule has 0 bridgehead atoms. The molecule has 5 nitrogen and oxygen atoms in total. The first-order chi connectivity index (χ1) is 9.10. The van der Waals surface area contributed by atoms with Crippen LogP contribution in [0.25, 0.3) is 0 Å². The zero-order valence-corrected chi connectivity index (χ0v) is 11.4. The van der Waals surface area contributed by atoms with Crippen LogP contribution in [0.1, 0.15) is 19.0 Å². The topological polar surface area (TPSA) is 60.5 Å². The molecule has 0 spiro atoms. The fraction of sp³-hybridized carbons (Fsp3) is 0.538. The monoisotopic (exact) mass is 270 g/mol. The van der Waals surface area contributed by atoms with Gasteiger partial charge in [-0.3, -0.25) is 10.3 Å².